The van der Waals surface area contributed by atoms with Crippen molar-refractivity contribution in [1.82, 2.24) is 10.3 Å². The van der Waals surface area contributed by atoms with Crippen molar-refractivity contribution in [3.05, 3.63) is 56.8 Å². The van der Waals surface area contributed by atoms with Crippen LogP contribution >= 0.6 is 15.9 Å². The van der Waals surface area contributed by atoms with Crippen molar-refractivity contribution < 1.29 is 14.5 Å². The predicted octanol–water partition coefficient (Wildman–Crippen LogP) is 2.90. The summed E-state index contributed by atoms with van der Waals surface area (Å²) in [6.45, 7) is 0. The van der Waals surface area contributed by atoms with Gasteiger partial charge in [0.15, 0.2) is 0 Å². The number of nitrogens with one attached hydrogen (secondary N) is 1. The van der Waals surface area contributed by atoms with Crippen LogP contribution in [0.15, 0.2) is 41.1 Å². The molecule has 0 aliphatic heterocycles. The number of ether oxygens (including phenoxy) is 1. The minimum atomic E-state index is -0.575. The number of rotatable bonds is 4. The number of hydrogen-bond donors (Lipinski definition) is 1. The highest BCUT2D eigenvalue weighted by atomic mass is 79.9. The Morgan fingerprint density at radius 1 is 1.38 bits per heavy atom. The Kier molecular flexibility index (Phi) is 4.49. The van der Waals surface area contributed by atoms with Crippen LogP contribution in [-0.4, -0.2) is 22.9 Å². The average Bonchev–Trinajstić information content (AvgIpc) is 2.46. The van der Waals surface area contributed by atoms with Gasteiger partial charge in [-0.25, -0.2) is 0 Å². The Balaban J connectivity index is 2.43. The Morgan fingerprint density at radius 2 is 2.14 bits per heavy atom. The zero-order valence-corrected chi connectivity index (χ0v) is 12.5. The molecule has 1 N–H and O–H groups in total. The molecule has 2 aromatic rings. The van der Waals surface area contributed by atoms with Crippen molar-refractivity contribution >= 4 is 27.5 Å². The summed E-state index contributed by atoms with van der Waals surface area (Å²) in [5.74, 6) is -0.0651. The van der Waals surface area contributed by atoms with E-state index < -0.39 is 4.92 Å². The van der Waals surface area contributed by atoms with E-state index in [-0.39, 0.29) is 22.9 Å². The van der Waals surface area contributed by atoms with Crippen molar-refractivity contribution in [1.29, 1.82) is 0 Å². The van der Waals surface area contributed by atoms with E-state index >= 15 is 0 Å². The molecule has 0 aliphatic rings. The van der Waals surface area contributed by atoms with Crippen LogP contribution < -0.4 is 10.1 Å². The van der Waals surface area contributed by atoms with Gasteiger partial charge in [-0.05, 0) is 28.1 Å². The lowest BCUT2D eigenvalue weighted by Crippen LogP contribution is -2.17. The number of nitrogens with zero attached hydrogens (tertiary/aromatic N) is 2. The molecule has 1 aromatic carbocycles. The Hall–Kier alpha value is -2.48. The highest BCUT2D eigenvalue weighted by Gasteiger charge is 2.18. The molecule has 0 aliphatic carbocycles. The fourth-order valence-electron chi connectivity index (χ4n) is 1.61. The number of hydrogen-bond acceptors (Lipinski definition) is 5. The molecular formula is C13H10BrN3O4. The van der Waals surface area contributed by atoms with Gasteiger partial charge in [-0.15, -0.1) is 0 Å². The van der Waals surface area contributed by atoms with Crippen LogP contribution in [0.4, 0.5) is 5.69 Å². The standard InChI is InChI=1S/C13H10BrN3O4/c1-15-13(18)8-2-3-11(17(19)20)12(4-8)21-10-5-9(14)6-16-7-10/h2-7H,1H3,(H,15,18). The third-order valence-electron chi connectivity index (χ3n) is 2.55. The number of carbonyl (C=O) groups excluding carboxylic acids is 1. The second-order valence-electron chi connectivity index (χ2n) is 3.96. The molecule has 7 nitrogen and oxygen atoms in total. The largest absolute Gasteiger partial charge is 0.448 e. The molecule has 108 valence electrons. The van der Waals surface area contributed by atoms with Crippen molar-refractivity contribution in [2.24, 2.45) is 0 Å². The van der Waals surface area contributed by atoms with E-state index in [1.165, 1.54) is 31.4 Å². The molecule has 2 rings (SSSR count). The van der Waals surface area contributed by atoms with Crippen molar-refractivity contribution in [3.63, 3.8) is 0 Å². The van der Waals surface area contributed by atoms with E-state index in [0.29, 0.717) is 10.2 Å². The van der Waals surface area contributed by atoms with Gasteiger partial charge in [0.05, 0.1) is 11.1 Å². The summed E-state index contributed by atoms with van der Waals surface area (Å²) >= 11 is 3.23. The molecule has 1 heterocycles. The van der Waals surface area contributed by atoms with Crippen LogP contribution in [0.3, 0.4) is 0 Å². The Bertz CT molecular complexity index is 706. The topological polar surface area (TPSA) is 94.4 Å². The zero-order chi connectivity index (χ0) is 15.4. The maximum absolute atomic E-state index is 11.6. The molecule has 0 fully saturated rings. The molecule has 1 aromatic heterocycles. The van der Waals surface area contributed by atoms with E-state index in [1.54, 1.807) is 12.3 Å². The summed E-state index contributed by atoms with van der Waals surface area (Å²) in [5, 5.41) is 13.5. The first-order chi connectivity index (χ1) is 10.0. The number of carbonyl (C=O) groups is 1. The molecule has 0 unspecified atom stereocenters. The van der Waals surface area contributed by atoms with Crippen LogP contribution in [0, 0.1) is 10.1 Å². The highest BCUT2D eigenvalue weighted by molar-refractivity contribution is 9.10. The molecule has 0 radical (unpaired) electrons. The van der Waals surface area contributed by atoms with E-state index in [1.807, 2.05) is 0 Å². The summed E-state index contributed by atoms with van der Waals surface area (Å²) in [7, 11) is 1.47. The van der Waals surface area contributed by atoms with E-state index in [2.05, 4.69) is 26.2 Å². The molecule has 0 atom stereocenters. The lowest BCUT2D eigenvalue weighted by atomic mass is 10.2. The van der Waals surface area contributed by atoms with Crippen LogP contribution in [0.5, 0.6) is 11.5 Å². The second-order valence-corrected chi connectivity index (χ2v) is 4.88. The average molecular weight is 352 g/mol. The van der Waals surface area contributed by atoms with E-state index in [4.69, 9.17) is 4.74 Å². The minimum absolute atomic E-state index is 0.0269. The molecule has 1 amide bonds. The SMILES string of the molecule is CNC(=O)c1ccc([N+](=O)[O-])c(Oc2cncc(Br)c2)c1. The van der Waals surface area contributed by atoms with Gasteiger partial charge in [0.2, 0.25) is 5.75 Å². The fourth-order valence-corrected chi connectivity index (χ4v) is 1.95. The van der Waals surface area contributed by atoms with Gasteiger partial charge < -0.3 is 10.1 Å². The van der Waals surface area contributed by atoms with Gasteiger partial charge in [-0.2, -0.15) is 0 Å². The lowest BCUT2D eigenvalue weighted by molar-refractivity contribution is -0.385. The summed E-state index contributed by atoms with van der Waals surface area (Å²) in [4.78, 5) is 26.0. The third-order valence-corrected chi connectivity index (χ3v) is 2.99. The summed E-state index contributed by atoms with van der Waals surface area (Å²) in [6, 6.07) is 5.52. The molecule has 0 saturated carbocycles. The molecule has 0 spiro atoms. The maximum Gasteiger partial charge on any atom is 0.311 e. The summed E-state index contributed by atoms with van der Waals surface area (Å²) in [5.41, 5.74) is 0.0312. The number of pyridine rings is 1. The van der Waals surface area contributed by atoms with Gasteiger partial charge >= 0.3 is 5.69 Å². The molecule has 0 saturated heterocycles. The first-order valence-electron chi connectivity index (χ1n) is 5.80. The predicted molar refractivity (Wildman–Crippen MR) is 78.5 cm³/mol. The fraction of sp³-hybridized carbons (Fsp3) is 0.0769. The van der Waals surface area contributed by atoms with Crippen LogP contribution in [0.2, 0.25) is 0 Å². The monoisotopic (exact) mass is 351 g/mol. The Morgan fingerprint density at radius 3 is 2.76 bits per heavy atom. The molecule has 21 heavy (non-hydrogen) atoms. The number of halogens is 1. The first kappa shape index (κ1) is 14.9. The molecule has 8 heteroatoms. The summed E-state index contributed by atoms with van der Waals surface area (Å²) in [6.07, 6.45) is 2.98. The van der Waals surface area contributed by atoms with Crippen LogP contribution in [0.25, 0.3) is 0 Å². The van der Waals surface area contributed by atoms with Crippen LogP contribution in [-0.2, 0) is 0 Å². The van der Waals surface area contributed by atoms with Gasteiger partial charge in [-0.3, -0.25) is 19.9 Å². The van der Waals surface area contributed by atoms with Gasteiger partial charge in [0.1, 0.15) is 5.75 Å². The number of benzene rings is 1. The van der Waals surface area contributed by atoms with Crippen molar-refractivity contribution in [2.75, 3.05) is 7.05 Å². The number of nitro benzene ring substituents is 1. The smallest absolute Gasteiger partial charge is 0.311 e. The third kappa shape index (κ3) is 3.54. The highest BCUT2D eigenvalue weighted by Crippen LogP contribution is 2.32. The van der Waals surface area contributed by atoms with Crippen molar-refractivity contribution in [2.45, 2.75) is 0 Å². The van der Waals surface area contributed by atoms with E-state index in [0.717, 1.165) is 0 Å². The summed E-state index contributed by atoms with van der Waals surface area (Å²) < 4.78 is 6.14. The lowest BCUT2D eigenvalue weighted by Gasteiger charge is -2.08. The van der Waals surface area contributed by atoms with Crippen molar-refractivity contribution in [3.8, 4) is 11.5 Å². The van der Waals surface area contributed by atoms with Crippen LogP contribution in [0.1, 0.15) is 10.4 Å². The number of amides is 1. The zero-order valence-electron chi connectivity index (χ0n) is 10.9. The Labute approximate surface area is 128 Å². The van der Waals surface area contributed by atoms with E-state index in [9.17, 15) is 14.9 Å². The first-order valence-corrected chi connectivity index (χ1v) is 6.59. The van der Waals surface area contributed by atoms with Gasteiger partial charge in [0, 0.05) is 35.4 Å². The maximum atomic E-state index is 11.6. The second kappa shape index (κ2) is 6.31. The number of nitro groups is 1. The van der Waals surface area contributed by atoms with Gasteiger partial charge in [-0.1, -0.05) is 0 Å². The minimum Gasteiger partial charge on any atom is -0.448 e. The van der Waals surface area contributed by atoms with Gasteiger partial charge in [0.25, 0.3) is 5.91 Å². The number of aromatic nitrogens is 1. The quantitative estimate of drug-likeness (QED) is 0.674. The molecular weight excluding hydrogens is 342 g/mol. The molecule has 0 bridgehead atoms. The normalized spacial score (nSPS) is 10.0.